The molecule has 0 aliphatic heterocycles. The van der Waals surface area contributed by atoms with Gasteiger partial charge in [-0.25, -0.2) is 0 Å². The molecule has 0 aromatic heterocycles. The lowest BCUT2D eigenvalue weighted by Gasteiger charge is -2.34. The monoisotopic (exact) mass is 574 g/mol. The molecule has 3 aliphatic carbocycles. The van der Waals surface area contributed by atoms with Crippen molar-refractivity contribution in [1.82, 2.24) is 0 Å². The van der Waals surface area contributed by atoms with Crippen molar-refractivity contribution in [2.24, 2.45) is 17.3 Å². The van der Waals surface area contributed by atoms with E-state index in [1.165, 1.54) is 49.7 Å². The Morgan fingerprint density at radius 2 is 1.55 bits per heavy atom. The Morgan fingerprint density at radius 3 is 2.26 bits per heavy atom. The summed E-state index contributed by atoms with van der Waals surface area (Å²) >= 11 is 0. The number of Topliss-reactive ketones (excluding diaryl/α,β-unsaturated/α-hetero) is 1. The van der Waals surface area contributed by atoms with Crippen LogP contribution >= 0.6 is 0 Å². The average Bonchev–Trinajstić information content (AvgIpc) is 3.43. The number of carbonyl (C=O) groups excluding carboxylic acids is 1. The second-order valence-corrected chi connectivity index (χ2v) is 12.9. The third-order valence-electron chi connectivity index (χ3n) is 10.4. The van der Waals surface area contributed by atoms with E-state index in [9.17, 15) is 4.79 Å². The first kappa shape index (κ1) is 30.5. The zero-order valence-corrected chi connectivity index (χ0v) is 26.4. The molecule has 228 valence electrons. The van der Waals surface area contributed by atoms with E-state index in [0.29, 0.717) is 29.8 Å². The van der Waals surface area contributed by atoms with Gasteiger partial charge in [-0.1, -0.05) is 57.6 Å². The minimum atomic E-state index is -0.178. The summed E-state index contributed by atoms with van der Waals surface area (Å²) in [5.41, 5.74) is 4.82. The SMILES string of the molecule is CCCC(CCCCCC12CCC(/C=C\c3cc(OC)c(OC)cc3CC1=O)C2)C[C@H]1Cc2cc(OC)c(OC)cc21. The fraction of sp³-hybridized carbons (Fsp3) is 0.595. The highest BCUT2D eigenvalue weighted by molar-refractivity contribution is 5.88. The zero-order chi connectivity index (χ0) is 29.7. The van der Waals surface area contributed by atoms with Crippen molar-refractivity contribution in [3.63, 3.8) is 0 Å². The summed E-state index contributed by atoms with van der Waals surface area (Å²) in [4.78, 5) is 13.9. The van der Waals surface area contributed by atoms with Crippen molar-refractivity contribution in [2.45, 2.75) is 96.3 Å². The summed E-state index contributed by atoms with van der Waals surface area (Å²) < 4.78 is 22.2. The molecule has 0 radical (unpaired) electrons. The summed E-state index contributed by atoms with van der Waals surface area (Å²) in [5, 5.41) is 0. The number of allylic oxidation sites excluding steroid dienone is 1. The van der Waals surface area contributed by atoms with Crippen LogP contribution in [0.4, 0.5) is 0 Å². The van der Waals surface area contributed by atoms with Crippen molar-refractivity contribution in [2.75, 3.05) is 28.4 Å². The summed E-state index contributed by atoms with van der Waals surface area (Å²) in [6.07, 6.45) is 19.0. The maximum Gasteiger partial charge on any atom is 0.161 e. The van der Waals surface area contributed by atoms with Crippen molar-refractivity contribution < 1.29 is 23.7 Å². The molecule has 0 N–H and O–H groups in total. The van der Waals surface area contributed by atoms with Gasteiger partial charge in [0.25, 0.3) is 0 Å². The number of methoxy groups -OCH3 is 4. The van der Waals surface area contributed by atoms with E-state index in [1.807, 2.05) is 12.1 Å². The van der Waals surface area contributed by atoms with Crippen LogP contribution in [-0.4, -0.2) is 34.2 Å². The van der Waals surface area contributed by atoms with Crippen LogP contribution in [0, 0.1) is 17.3 Å². The standard InChI is InChI=1S/C37H50O5/c1-6-10-25(17-29-18-30-21-34(41-4)35(42-5)23-31(29)30)11-8-7-9-15-37-16-14-26(24-37)12-13-27-19-32(39-2)33(40-3)20-28(27)22-36(37)38/h12-13,19-21,23,25-26,29H,6-11,14-18,22,24H2,1-5H3/b13-12-/t25?,26?,29-,37?/m0/s1. The first-order valence-corrected chi connectivity index (χ1v) is 16.1. The minimum absolute atomic E-state index is 0.178. The van der Waals surface area contributed by atoms with Gasteiger partial charge < -0.3 is 18.9 Å². The Morgan fingerprint density at radius 1 is 0.857 bits per heavy atom. The van der Waals surface area contributed by atoms with Gasteiger partial charge in [0.1, 0.15) is 5.78 Å². The second kappa shape index (κ2) is 13.6. The second-order valence-electron chi connectivity index (χ2n) is 12.9. The Labute approximate surface area is 253 Å². The molecule has 0 amide bonds. The van der Waals surface area contributed by atoms with Gasteiger partial charge in [-0.3, -0.25) is 4.79 Å². The molecule has 42 heavy (non-hydrogen) atoms. The Kier molecular flexibility index (Phi) is 9.85. The van der Waals surface area contributed by atoms with E-state index in [-0.39, 0.29) is 5.41 Å². The lowest BCUT2D eigenvalue weighted by molar-refractivity contribution is -0.128. The third kappa shape index (κ3) is 6.35. The van der Waals surface area contributed by atoms with Crippen molar-refractivity contribution in [1.29, 1.82) is 0 Å². The van der Waals surface area contributed by atoms with Crippen LogP contribution in [-0.2, 0) is 17.6 Å². The van der Waals surface area contributed by atoms with E-state index in [2.05, 4.69) is 31.2 Å². The van der Waals surface area contributed by atoms with Crippen LogP contribution < -0.4 is 18.9 Å². The van der Waals surface area contributed by atoms with Crippen LogP contribution in [0.2, 0.25) is 0 Å². The van der Waals surface area contributed by atoms with Gasteiger partial charge in [0.05, 0.1) is 28.4 Å². The molecule has 3 unspecified atom stereocenters. The minimum Gasteiger partial charge on any atom is -0.493 e. The average molecular weight is 575 g/mol. The molecule has 5 nitrogen and oxygen atoms in total. The Balaban J connectivity index is 1.16. The van der Waals surface area contributed by atoms with Gasteiger partial charge >= 0.3 is 0 Å². The van der Waals surface area contributed by atoms with E-state index in [4.69, 9.17) is 18.9 Å². The maximum absolute atomic E-state index is 13.9. The van der Waals surface area contributed by atoms with E-state index >= 15 is 0 Å². The highest BCUT2D eigenvalue weighted by Gasteiger charge is 2.44. The molecule has 5 heteroatoms. The van der Waals surface area contributed by atoms with Crippen molar-refractivity contribution >= 4 is 11.9 Å². The van der Waals surface area contributed by atoms with Gasteiger partial charge in [-0.2, -0.15) is 0 Å². The largest absolute Gasteiger partial charge is 0.493 e. The number of hydrogen-bond acceptors (Lipinski definition) is 5. The molecule has 0 heterocycles. The molecule has 2 bridgehead atoms. The molecule has 1 saturated carbocycles. The maximum atomic E-state index is 13.9. The summed E-state index contributed by atoms with van der Waals surface area (Å²) in [6.45, 7) is 2.31. The van der Waals surface area contributed by atoms with E-state index in [1.54, 1.807) is 28.4 Å². The predicted molar refractivity (Wildman–Crippen MR) is 169 cm³/mol. The van der Waals surface area contributed by atoms with Crippen LogP contribution in [0.5, 0.6) is 23.0 Å². The Hall–Kier alpha value is -2.95. The molecular formula is C37H50O5. The lowest BCUT2D eigenvalue weighted by atomic mass is 9.71. The number of ether oxygens (including phenoxy) is 4. The first-order chi connectivity index (χ1) is 20.4. The molecule has 0 saturated heterocycles. The quantitative estimate of drug-likeness (QED) is 0.211. The van der Waals surface area contributed by atoms with Crippen LogP contribution in [0.25, 0.3) is 6.08 Å². The van der Waals surface area contributed by atoms with Crippen LogP contribution in [0.1, 0.15) is 106 Å². The van der Waals surface area contributed by atoms with Crippen LogP contribution in [0.3, 0.4) is 0 Å². The van der Waals surface area contributed by atoms with Gasteiger partial charge in [-0.15, -0.1) is 0 Å². The normalized spacial score (nSPS) is 23.9. The van der Waals surface area contributed by atoms with Gasteiger partial charge in [0.15, 0.2) is 23.0 Å². The molecule has 2 aromatic rings. The fourth-order valence-electron chi connectivity index (χ4n) is 8.01. The van der Waals surface area contributed by atoms with E-state index in [0.717, 1.165) is 72.8 Å². The highest BCUT2D eigenvalue weighted by Crippen LogP contribution is 2.49. The molecular weight excluding hydrogens is 524 g/mol. The number of rotatable bonds is 14. The number of fused-ring (bicyclic) bond motifs is 4. The molecule has 5 rings (SSSR count). The number of ketones is 1. The predicted octanol–water partition coefficient (Wildman–Crippen LogP) is 8.74. The van der Waals surface area contributed by atoms with Crippen LogP contribution in [0.15, 0.2) is 30.3 Å². The highest BCUT2D eigenvalue weighted by atomic mass is 16.5. The first-order valence-electron chi connectivity index (χ1n) is 16.1. The Bertz CT molecular complexity index is 1280. The number of unbranched alkanes of at least 4 members (excludes halogenated alkanes) is 2. The molecule has 0 spiro atoms. The number of carbonyl (C=O) groups is 1. The summed E-state index contributed by atoms with van der Waals surface area (Å²) in [6, 6.07) is 8.39. The lowest BCUT2D eigenvalue weighted by Crippen LogP contribution is -2.30. The van der Waals surface area contributed by atoms with Crippen molar-refractivity contribution in [3.05, 3.63) is 52.6 Å². The molecule has 3 aliphatic rings. The van der Waals surface area contributed by atoms with Gasteiger partial charge in [0.2, 0.25) is 0 Å². The third-order valence-corrected chi connectivity index (χ3v) is 10.4. The molecule has 1 fully saturated rings. The zero-order valence-electron chi connectivity index (χ0n) is 26.4. The topological polar surface area (TPSA) is 54.0 Å². The smallest absolute Gasteiger partial charge is 0.161 e. The fourth-order valence-corrected chi connectivity index (χ4v) is 8.01. The van der Waals surface area contributed by atoms with E-state index < -0.39 is 0 Å². The van der Waals surface area contributed by atoms with Gasteiger partial charge in [0, 0.05) is 11.8 Å². The van der Waals surface area contributed by atoms with Gasteiger partial charge in [-0.05, 0) is 103 Å². The summed E-state index contributed by atoms with van der Waals surface area (Å²) in [7, 11) is 6.75. The molecule has 4 atom stereocenters. The molecule has 2 aromatic carbocycles. The summed E-state index contributed by atoms with van der Waals surface area (Å²) in [5.74, 6) is 5.39. The number of benzene rings is 2. The number of hydrogen-bond donors (Lipinski definition) is 0. The van der Waals surface area contributed by atoms with Crippen molar-refractivity contribution in [3.8, 4) is 23.0 Å².